The Morgan fingerprint density at radius 2 is 1.92 bits per heavy atom. The summed E-state index contributed by atoms with van der Waals surface area (Å²) in [5.74, 6) is -0.962. The molecule has 0 radical (unpaired) electrons. The molecule has 7 heteroatoms. The minimum atomic E-state index is -0.643. The van der Waals surface area contributed by atoms with E-state index in [1.54, 1.807) is 32.9 Å². The smallest absolute Gasteiger partial charge is 0.410 e. The lowest BCUT2D eigenvalue weighted by Gasteiger charge is -2.25. The summed E-state index contributed by atoms with van der Waals surface area (Å²) in [6.45, 7) is 6.71. The van der Waals surface area contributed by atoms with Crippen molar-refractivity contribution < 1.29 is 18.7 Å². The lowest BCUT2D eigenvalue weighted by molar-refractivity contribution is -0.117. The van der Waals surface area contributed by atoms with Gasteiger partial charge in [0, 0.05) is 20.1 Å². The largest absolute Gasteiger partial charge is 0.444 e. The van der Waals surface area contributed by atoms with Crippen molar-refractivity contribution in [2.45, 2.75) is 39.2 Å². The molecule has 2 rings (SSSR count). The summed E-state index contributed by atoms with van der Waals surface area (Å²) in [5, 5.41) is 2.60. The fourth-order valence-electron chi connectivity index (χ4n) is 2.66. The molecular formula is C18H26FN3O3. The van der Waals surface area contributed by atoms with Crippen molar-refractivity contribution in [2.75, 3.05) is 36.9 Å². The highest BCUT2D eigenvalue weighted by Gasteiger charge is 2.23. The first-order valence-corrected chi connectivity index (χ1v) is 8.45. The van der Waals surface area contributed by atoms with E-state index in [1.807, 2.05) is 0 Å². The number of carbonyl (C=O) groups excluding carboxylic acids is 2. The highest BCUT2D eigenvalue weighted by molar-refractivity contribution is 5.97. The maximum Gasteiger partial charge on any atom is 0.410 e. The number of halogens is 1. The molecule has 2 amide bonds. The molecule has 1 aliphatic heterocycles. The molecule has 1 aromatic carbocycles. The van der Waals surface area contributed by atoms with E-state index in [4.69, 9.17) is 4.74 Å². The first kappa shape index (κ1) is 19.0. The third-order valence-corrected chi connectivity index (χ3v) is 3.79. The lowest BCUT2D eigenvalue weighted by atomic mass is 10.2. The Hall–Kier alpha value is -2.31. The van der Waals surface area contributed by atoms with Gasteiger partial charge in [-0.3, -0.25) is 4.79 Å². The van der Waals surface area contributed by atoms with Gasteiger partial charge < -0.3 is 19.9 Å². The summed E-state index contributed by atoms with van der Waals surface area (Å²) in [6.07, 6.45) is 1.49. The van der Waals surface area contributed by atoms with Gasteiger partial charge in [0.2, 0.25) is 5.91 Å². The molecule has 1 aliphatic rings. The maximum atomic E-state index is 14.2. The fraction of sp³-hybridized carbons (Fsp3) is 0.556. The molecule has 25 heavy (non-hydrogen) atoms. The van der Waals surface area contributed by atoms with Crippen molar-refractivity contribution in [3.8, 4) is 0 Å². The monoisotopic (exact) mass is 351 g/mol. The Balaban J connectivity index is 2.04. The molecular weight excluding hydrogens is 325 g/mol. The Morgan fingerprint density at radius 1 is 1.28 bits per heavy atom. The number of rotatable bonds is 4. The minimum absolute atomic E-state index is 0.159. The van der Waals surface area contributed by atoms with Crippen molar-refractivity contribution in [1.29, 1.82) is 0 Å². The molecule has 0 aromatic heterocycles. The van der Waals surface area contributed by atoms with E-state index in [1.165, 1.54) is 13.1 Å². The number of hydrogen-bond donors (Lipinski definition) is 1. The number of likely N-dealkylation sites (N-methyl/N-ethyl adjacent to an activating group) is 1. The summed E-state index contributed by atoms with van der Waals surface area (Å²) >= 11 is 0. The van der Waals surface area contributed by atoms with E-state index in [0.717, 1.165) is 30.8 Å². The number of hydrogen-bond acceptors (Lipinski definition) is 4. The highest BCUT2D eigenvalue weighted by Crippen LogP contribution is 2.31. The second-order valence-electron chi connectivity index (χ2n) is 7.21. The molecule has 1 N–H and O–H groups in total. The van der Waals surface area contributed by atoms with Crippen LogP contribution in [0.1, 0.15) is 33.6 Å². The molecule has 1 aromatic rings. The van der Waals surface area contributed by atoms with Gasteiger partial charge in [-0.15, -0.1) is 0 Å². The zero-order valence-corrected chi connectivity index (χ0v) is 15.3. The molecule has 0 unspecified atom stereocenters. The molecule has 138 valence electrons. The Labute approximate surface area is 147 Å². The minimum Gasteiger partial charge on any atom is -0.444 e. The molecule has 1 saturated heterocycles. The van der Waals surface area contributed by atoms with Crippen LogP contribution in [0.3, 0.4) is 0 Å². The van der Waals surface area contributed by atoms with Gasteiger partial charge in [-0.25, -0.2) is 9.18 Å². The number of anilines is 2. The third-order valence-electron chi connectivity index (χ3n) is 3.79. The Kier molecular flexibility index (Phi) is 5.87. The zero-order valence-electron chi connectivity index (χ0n) is 15.3. The maximum absolute atomic E-state index is 14.2. The molecule has 0 saturated carbocycles. The van der Waals surface area contributed by atoms with Gasteiger partial charge in [0.1, 0.15) is 23.7 Å². The first-order chi connectivity index (χ1) is 11.7. The number of carbonyl (C=O) groups is 2. The SMILES string of the molecule is CN(CC(=O)Nc1c(F)cccc1N1CCCC1)C(=O)OC(C)(C)C. The number of amides is 2. The van der Waals surface area contributed by atoms with Crippen LogP contribution in [0.15, 0.2) is 18.2 Å². The predicted octanol–water partition coefficient (Wildman–Crippen LogP) is 3.23. The average molecular weight is 351 g/mol. The topological polar surface area (TPSA) is 61.9 Å². The Morgan fingerprint density at radius 3 is 2.52 bits per heavy atom. The molecule has 6 nitrogen and oxygen atoms in total. The van der Waals surface area contributed by atoms with E-state index < -0.39 is 23.4 Å². The summed E-state index contributed by atoms with van der Waals surface area (Å²) in [4.78, 5) is 27.4. The van der Waals surface area contributed by atoms with Gasteiger partial charge in [0.25, 0.3) is 0 Å². The average Bonchev–Trinajstić information content (AvgIpc) is 3.01. The van der Waals surface area contributed by atoms with E-state index in [2.05, 4.69) is 10.2 Å². The highest BCUT2D eigenvalue weighted by atomic mass is 19.1. The van der Waals surface area contributed by atoms with E-state index >= 15 is 0 Å². The van der Waals surface area contributed by atoms with Gasteiger partial charge in [0.05, 0.1) is 5.69 Å². The van der Waals surface area contributed by atoms with Crippen LogP contribution >= 0.6 is 0 Å². The van der Waals surface area contributed by atoms with Crippen LogP contribution in [-0.2, 0) is 9.53 Å². The summed E-state index contributed by atoms with van der Waals surface area (Å²) in [7, 11) is 1.47. The molecule has 0 bridgehead atoms. The van der Waals surface area contributed by atoms with Crippen LogP contribution in [0, 0.1) is 5.82 Å². The summed E-state index contributed by atoms with van der Waals surface area (Å²) < 4.78 is 19.4. The van der Waals surface area contributed by atoms with E-state index in [0.29, 0.717) is 5.69 Å². The van der Waals surface area contributed by atoms with Gasteiger partial charge in [0.15, 0.2) is 0 Å². The first-order valence-electron chi connectivity index (χ1n) is 8.45. The number of ether oxygens (including phenoxy) is 1. The number of nitrogens with one attached hydrogen (secondary N) is 1. The standard InChI is InChI=1S/C18H26FN3O3/c1-18(2,3)25-17(24)21(4)12-15(23)20-16-13(19)8-7-9-14(16)22-10-5-6-11-22/h7-9H,5-6,10-12H2,1-4H3,(H,20,23). The fourth-order valence-corrected chi connectivity index (χ4v) is 2.66. The van der Waals surface area contributed by atoms with Crippen molar-refractivity contribution >= 4 is 23.4 Å². The van der Waals surface area contributed by atoms with Crippen molar-refractivity contribution in [3.05, 3.63) is 24.0 Å². The van der Waals surface area contributed by atoms with Crippen LogP contribution < -0.4 is 10.2 Å². The third kappa shape index (κ3) is 5.34. The van der Waals surface area contributed by atoms with E-state index in [9.17, 15) is 14.0 Å². The summed E-state index contributed by atoms with van der Waals surface area (Å²) in [5.41, 5.74) is 0.189. The zero-order chi connectivity index (χ0) is 18.6. The van der Waals surface area contributed by atoms with Crippen LogP contribution in [0.2, 0.25) is 0 Å². The lowest BCUT2D eigenvalue weighted by Crippen LogP contribution is -2.39. The van der Waals surface area contributed by atoms with Crippen LogP contribution in [-0.4, -0.2) is 49.2 Å². The van der Waals surface area contributed by atoms with Gasteiger partial charge in [-0.1, -0.05) is 6.07 Å². The van der Waals surface area contributed by atoms with Gasteiger partial charge in [-0.2, -0.15) is 0 Å². The van der Waals surface area contributed by atoms with Crippen LogP contribution in [0.5, 0.6) is 0 Å². The molecule has 1 heterocycles. The molecule has 0 spiro atoms. The number of para-hydroxylation sites is 1. The van der Waals surface area contributed by atoms with Crippen molar-refractivity contribution in [3.63, 3.8) is 0 Å². The van der Waals surface area contributed by atoms with Crippen molar-refractivity contribution in [2.24, 2.45) is 0 Å². The predicted molar refractivity (Wildman–Crippen MR) is 95.3 cm³/mol. The molecule has 1 fully saturated rings. The molecule has 0 aliphatic carbocycles. The summed E-state index contributed by atoms with van der Waals surface area (Å²) in [6, 6.07) is 4.74. The van der Waals surface area contributed by atoms with Crippen molar-refractivity contribution in [1.82, 2.24) is 4.90 Å². The second-order valence-corrected chi connectivity index (χ2v) is 7.21. The second kappa shape index (κ2) is 7.72. The normalized spacial score (nSPS) is 14.4. The van der Waals surface area contributed by atoms with Crippen LogP contribution in [0.25, 0.3) is 0 Å². The quantitative estimate of drug-likeness (QED) is 0.905. The van der Waals surface area contributed by atoms with E-state index in [-0.39, 0.29) is 12.2 Å². The van der Waals surface area contributed by atoms with Crippen LogP contribution in [0.4, 0.5) is 20.6 Å². The van der Waals surface area contributed by atoms with Gasteiger partial charge >= 0.3 is 6.09 Å². The van der Waals surface area contributed by atoms with Gasteiger partial charge in [-0.05, 0) is 45.7 Å². The number of nitrogens with zero attached hydrogens (tertiary/aromatic N) is 2. The number of benzene rings is 1. The Bertz CT molecular complexity index is 637. The molecule has 0 atom stereocenters.